The molecule has 0 fully saturated rings. The van der Waals surface area contributed by atoms with E-state index in [4.69, 9.17) is 21.1 Å². The summed E-state index contributed by atoms with van der Waals surface area (Å²) in [4.78, 5) is 11.6. The van der Waals surface area contributed by atoms with Gasteiger partial charge in [0.2, 0.25) is 5.91 Å². The van der Waals surface area contributed by atoms with Gasteiger partial charge in [-0.3, -0.25) is 4.79 Å². The number of halogens is 2. The monoisotopic (exact) mass is 378 g/mol. The lowest BCUT2D eigenvalue weighted by molar-refractivity contribution is -0.121. The number of hydrogen-bond acceptors (Lipinski definition) is 4. The van der Waals surface area contributed by atoms with Crippen molar-refractivity contribution in [2.24, 2.45) is 0 Å². The van der Waals surface area contributed by atoms with Crippen molar-refractivity contribution in [3.8, 4) is 5.75 Å². The molecule has 0 spiro atoms. The Labute approximate surface area is 138 Å². The highest BCUT2D eigenvalue weighted by atomic mass is 79.9. The van der Waals surface area contributed by atoms with Crippen LogP contribution in [0.5, 0.6) is 5.75 Å². The first-order chi connectivity index (χ1) is 10.1. The van der Waals surface area contributed by atoms with E-state index in [1.165, 1.54) is 0 Å². The summed E-state index contributed by atoms with van der Waals surface area (Å²) >= 11 is 9.20. The van der Waals surface area contributed by atoms with Crippen molar-refractivity contribution >= 4 is 33.4 Å². The molecule has 0 aliphatic heterocycles. The minimum absolute atomic E-state index is 0.0337. The van der Waals surface area contributed by atoms with Gasteiger partial charge in [0.25, 0.3) is 0 Å². The number of carbonyl (C=O) groups excluding carboxylic acids is 1. The van der Waals surface area contributed by atoms with Crippen molar-refractivity contribution < 1.29 is 14.3 Å². The van der Waals surface area contributed by atoms with Crippen LogP contribution in [0.2, 0.25) is 5.02 Å². The third-order valence-electron chi connectivity index (χ3n) is 2.59. The molecule has 118 valence electrons. The molecule has 0 saturated carbocycles. The Bertz CT molecular complexity index is 446. The third kappa shape index (κ3) is 8.26. The summed E-state index contributed by atoms with van der Waals surface area (Å²) < 4.78 is 11.2. The molecular weight excluding hydrogens is 360 g/mol. The van der Waals surface area contributed by atoms with E-state index in [2.05, 4.69) is 26.6 Å². The molecule has 7 heteroatoms. The standard InChI is InChI=1S/C14H20BrClN2O3/c1-20-9-7-17-5-6-18-14(19)4-8-21-13-3-2-11(16)10-12(13)15/h2-3,10,17H,4-9H2,1H3,(H,18,19). The van der Waals surface area contributed by atoms with Gasteiger partial charge in [-0.2, -0.15) is 0 Å². The smallest absolute Gasteiger partial charge is 0.223 e. The Hall–Kier alpha value is -0.820. The van der Waals surface area contributed by atoms with Crippen LogP contribution in [0.15, 0.2) is 22.7 Å². The molecule has 0 aromatic heterocycles. The molecule has 2 N–H and O–H groups in total. The maximum absolute atomic E-state index is 11.6. The SMILES string of the molecule is COCCNCCNC(=O)CCOc1ccc(Cl)cc1Br. The number of nitrogens with one attached hydrogen (secondary N) is 2. The van der Waals surface area contributed by atoms with Gasteiger partial charge in [-0.1, -0.05) is 11.6 Å². The number of benzene rings is 1. The van der Waals surface area contributed by atoms with Gasteiger partial charge in [0, 0.05) is 31.8 Å². The Morgan fingerprint density at radius 2 is 2.10 bits per heavy atom. The first-order valence-electron chi connectivity index (χ1n) is 6.67. The summed E-state index contributed by atoms with van der Waals surface area (Å²) in [7, 11) is 1.66. The largest absolute Gasteiger partial charge is 0.492 e. The molecule has 0 aliphatic rings. The van der Waals surface area contributed by atoms with E-state index in [0.717, 1.165) is 17.6 Å². The van der Waals surface area contributed by atoms with E-state index in [-0.39, 0.29) is 5.91 Å². The van der Waals surface area contributed by atoms with Gasteiger partial charge in [0.05, 0.1) is 24.1 Å². The molecule has 1 aromatic carbocycles. The summed E-state index contributed by atoms with van der Waals surface area (Å²) in [6.45, 7) is 3.08. The van der Waals surface area contributed by atoms with Crippen LogP contribution in [-0.2, 0) is 9.53 Å². The highest BCUT2D eigenvalue weighted by Crippen LogP contribution is 2.27. The molecule has 1 rings (SSSR count). The Morgan fingerprint density at radius 3 is 2.81 bits per heavy atom. The molecule has 0 bridgehead atoms. The molecule has 21 heavy (non-hydrogen) atoms. The van der Waals surface area contributed by atoms with Gasteiger partial charge in [-0.05, 0) is 34.1 Å². The number of amides is 1. The zero-order chi connectivity index (χ0) is 15.5. The van der Waals surface area contributed by atoms with Crippen LogP contribution in [-0.4, -0.2) is 45.9 Å². The van der Waals surface area contributed by atoms with Crippen LogP contribution in [0.3, 0.4) is 0 Å². The van der Waals surface area contributed by atoms with E-state index < -0.39 is 0 Å². The van der Waals surface area contributed by atoms with Crippen molar-refractivity contribution in [2.75, 3.05) is 40.0 Å². The Balaban J connectivity index is 2.10. The van der Waals surface area contributed by atoms with E-state index >= 15 is 0 Å². The first-order valence-corrected chi connectivity index (χ1v) is 7.85. The van der Waals surface area contributed by atoms with Crippen molar-refractivity contribution in [2.45, 2.75) is 6.42 Å². The van der Waals surface area contributed by atoms with E-state index in [1.807, 2.05) is 0 Å². The van der Waals surface area contributed by atoms with E-state index in [1.54, 1.807) is 25.3 Å². The fourth-order valence-corrected chi connectivity index (χ4v) is 2.32. The summed E-state index contributed by atoms with van der Waals surface area (Å²) in [6.07, 6.45) is 0.313. The number of hydrogen-bond donors (Lipinski definition) is 2. The summed E-state index contributed by atoms with van der Waals surface area (Å²) in [6, 6.07) is 5.26. The predicted molar refractivity (Wildman–Crippen MR) is 87.0 cm³/mol. The van der Waals surface area contributed by atoms with Gasteiger partial charge in [0.1, 0.15) is 5.75 Å². The second-order valence-corrected chi connectivity index (χ2v) is 5.56. The van der Waals surface area contributed by atoms with Crippen LogP contribution in [0.25, 0.3) is 0 Å². The Kier molecular flexibility index (Phi) is 9.41. The number of rotatable bonds is 10. The average Bonchev–Trinajstić information content (AvgIpc) is 2.45. The molecule has 0 heterocycles. The van der Waals surface area contributed by atoms with Crippen LogP contribution < -0.4 is 15.4 Å². The molecular formula is C14H20BrClN2O3. The van der Waals surface area contributed by atoms with Gasteiger partial charge in [-0.15, -0.1) is 0 Å². The molecule has 5 nitrogen and oxygen atoms in total. The molecule has 0 saturated heterocycles. The van der Waals surface area contributed by atoms with E-state index in [9.17, 15) is 4.79 Å². The molecule has 0 atom stereocenters. The fourth-order valence-electron chi connectivity index (χ4n) is 1.52. The second-order valence-electron chi connectivity index (χ2n) is 4.27. The van der Waals surface area contributed by atoms with Crippen molar-refractivity contribution in [1.82, 2.24) is 10.6 Å². The lowest BCUT2D eigenvalue weighted by Gasteiger charge is -2.09. The van der Waals surface area contributed by atoms with Crippen LogP contribution >= 0.6 is 27.5 Å². The van der Waals surface area contributed by atoms with Gasteiger partial charge < -0.3 is 20.1 Å². The topological polar surface area (TPSA) is 59.6 Å². The molecule has 0 radical (unpaired) electrons. The number of carbonyl (C=O) groups is 1. The summed E-state index contributed by atoms with van der Waals surface area (Å²) in [5.74, 6) is 0.641. The van der Waals surface area contributed by atoms with Crippen LogP contribution in [0.4, 0.5) is 0 Å². The van der Waals surface area contributed by atoms with Crippen LogP contribution in [0.1, 0.15) is 6.42 Å². The molecule has 1 aromatic rings. The lowest BCUT2D eigenvalue weighted by Crippen LogP contribution is -2.33. The normalized spacial score (nSPS) is 10.4. The predicted octanol–water partition coefficient (Wildman–Crippen LogP) is 2.22. The molecule has 0 aliphatic carbocycles. The zero-order valence-electron chi connectivity index (χ0n) is 12.0. The van der Waals surface area contributed by atoms with Gasteiger partial charge in [0.15, 0.2) is 0 Å². The van der Waals surface area contributed by atoms with Gasteiger partial charge in [-0.25, -0.2) is 0 Å². The number of methoxy groups -OCH3 is 1. The maximum Gasteiger partial charge on any atom is 0.223 e. The first kappa shape index (κ1) is 18.2. The van der Waals surface area contributed by atoms with Crippen LogP contribution in [0, 0.1) is 0 Å². The Morgan fingerprint density at radius 1 is 1.29 bits per heavy atom. The van der Waals surface area contributed by atoms with Gasteiger partial charge >= 0.3 is 0 Å². The zero-order valence-corrected chi connectivity index (χ0v) is 14.3. The van der Waals surface area contributed by atoms with E-state index in [0.29, 0.717) is 37.0 Å². The maximum atomic E-state index is 11.6. The van der Waals surface area contributed by atoms with Crippen molar-refractivity contribution in [3.05, 3.63) is 27.7 Å². The quantitative estimate of drug-likeness (QED) is 0.612. The third-order valence-corrected chi connectivity index (χ3v) is 3.44. The average molecular weight is 380 g/mol. The number of ether oxygens (including phenoxy) is 2. The lowest BCUT2D eigenvalue weighted by atomic mass is 10.3. The summed E-state index contributed by atoms with van der Waals surface area (Å²) in [5.41, 5.74) is 0. The summed E-state index contributed by atoms with van der Waals surface area (Å²) in [5, 5.41) is 6.59. The molecule has 0 unspecified atom stereocenters. The second kappa shape index (κ2) is 10.8. The highest BCUT2D eigenvalue weighted by molar-refractivity contribution is 9.10. The fraction of sp³-hybridized carbons (Fsp3) is 0.500. The van der Waals surface area contributed by atoms with Crippen molar-refractivity contribution in [1.29, 1.82) is 0 Å². The van der Waals surface area contributed by atoms with Crippen molar-refractivity contribution in [3.63, 3.8) is 0 Å². The molecule has 1 amide bonds. The minimum Gasteiger partial charge on any atom is -0.492 e. The minimum atomic E-state index is -0.0337. The highest BCUT2D eigenvalue weighted by Gasteiger charge is 2.04.